The van der Waals surface area contributed by atoms with Crippen LogP contribution in [0.3, 0.4) is 0 Å². The molecule has 0 saturated carbocycles. The summed E-state index contributed by atoms with van der Waals surface area (Å²) in [7, 11) is 0. The van der Waals surface area contributed by atoms with E-state index in [-0.39, 0.29) is 11.5 Å². The van der Waals surface area contributed by atoms with Crippen LogP contribution in [0.1, 0.15) is 23.3 Å². The maximum Gasteiger partial charge on any atom is 0.270 e. The maximum atomic E-state index is 12.5. The van der Waals surface area contributed by atoms with Crippen LogP contribution in [0.4, 0.5) is 0 Å². The molecule has 0 radical (unpaired) electrons. The van der Waals surface area contributed by atoms with E-state index in [1.54, 1.807) is 17.0 Å². The van der Waals surface area contributed by atoms with Gasteiger partial charge in [0.15, 0.2) is 0 Å². The van der Waals surface area contributed by atoms with Crippen LogP contribution in [-0.2, 0) is 0 Å². The predicted octanol–water partition coefficient (Wildman–Crippen LogP) is 1.34. The van der Waals surface area contributed by atoms with Gasteiger partial charge < -0.3 is 15.6 Å². The van der Waals surface area contributed by atoms with Crippen molar-refractivity contribution >= 4 is 16.7 Å². The van der Waals surface area contributed by atoms with Gasteiger partial charge in [0.1, 0.15) is 5.69 Å². The van der Waals surface area contributed by atoms with E-state index in [4.69, 9.17) is 5.73 Å². The van der Waals surface area contributed by atoms with Gasteiger partial charge >= 0.3 is 0 Å². The molecule has 5 heteroatoms. The van der Waals surface area contributed by atoms with Crippen molar-refractivity contribution in [3.8, 4) is 0 Å². The summed E-state index contributed by atoms with van der Waals surface area (Å²) >= 11 is 0. The van der Waals surface area contributed by atoms with Gasteiger partial charge in [0.2, 0.25) is 0 Å². The van der Waals surface area contributed by atoms with Gasteiger partial charge in [0.25, 0.3) is 11.5 Å². The fourth-order valence-corrected chi connectivity index (χ4v) is 2.87. The second-order valence-electron chi connectivity index (χ2n) is 5.57. The van der Waals surface area contributed by atoms with Crippen LogP contribution in [-0.4, -0.2) is 35.4 Å². The van der Waals surface area contributed by atoms with Crippen LogP contribution in [0.2, 0.25) is 0 Å². The zero-order valence-electron chi connectivity index (χ0n) is 11.8. The third-order valence-corrected chi connectivity index (χ3v) is 4.22. The normalized spacial score (nSPS) is 16.3. The van der Waals surface area contributed by atoms with E-state index >= 15 is 0 Å². The molecule has 0 aliphatic carbocycles. The highest BCUT2D eigenvalue weighted by molar-refractivity contribution is 5.96. The number of hydrogen-bond acceptors (Lipinski definition) is 3. The molecule has 1 amide bonds. The average molecular weight is 285 g/mol. The molecule has 110 valence electrons. The first-order chi connectivity index (χ1) is 10.2. The summed E-state index contributed by atoms with van der Waals surface area (Å²) in [6, 6.07) is 9.05. The molecule has 3 N–H and O–H groups in total. The highest BCUT2D eigenvalue weighted by Gasteiger charge is 2.23. The van der Waals surface area contributed by atoms with Crippen molar-refractivity contribution in [2.75, 3.05) is 19.6 Å². The summed E-state index contributed by atoms with van der Waals surface area (Å²) in [5.41, 5.74) is 5.82. The van der Waals surface area contributed by atoms with Crippen molar-refractivity contribution in [3.63, 3.8) is 0 Å². The number of carbonyl (C=O) groups excluding carboxylic acids is 1. The number of aromatic amines is 1. The van der Waals surface area contributed by atoms with Gasteiger partial charge in [0, 0.05) is 18.5 Å². The number of aromatic nitrogens is 1. The molecule has 0 bridgehead atoms. The first kappa shape index (κ1) is 13.8. The molecule has 2 aromatic rings. The van der Waals surface area contributed by atoms with E-state index < -0.39 is 0 Å². The van der Waals surface area contributed by atoms with E-state index in [1.165, 1.54) is 0 Å². The molecular weight excluding hydrogens is 266 g/mol. The van der Waals surface area contributed by atoms with E-state index in [1.807, 2.05) is 18.2 Å². The molecule has 5 nitrogen and oxygen atoms in total. The minimum atomic E-state index is -0.215. The van der Waals surface area contributed by atoms with Gasteiger partial charge in [-0.2, -0.15) is 0 Å². The zero-order chi connectivity index (χ0) is 14.8. The quantitative estimate of drug-likeness (QED) is 0.874. The minimum Gasteiger partial charge on any atom is -0.337 e. The van der Waals surface area contributed by atoms with Gasteiger partial charge in [0.05, 0.1) is 0 Å². The van der Waals surface area contributed by atoms with Crippen molar-refractivity contribution in [1.29, 1.82) is 0 Å². The first-order valence-corrected chi connectivity index (χ1v) is 7.30. The smallest absolute Gasteiger partial charge is 0.270 e. The molecule has 0 spiro atoms. The van der Waals surface area contributed by atoms with Gasteiger partial charge in [-0.25, -0.2) is 0 Å². The fourth-order valence-electron chi connectivity index (χ4n) is 2.87. The van der Waals surface area contributed by atoms with Crippen molar-refractivity contribution in [3.05, 3.63) is 46.4 Å². The lowest BCUT2D eigenvalue weighted by molar-refractivity contribution is 0.0687. The highest BCUT2D eigenvalue weighted by atomic mass is 16.2. The molecule has 1 aromatic carbocycles. The lowest BCUT2D eigenvalue weighted by atomic mass is 9.97. The number of nitrogens with one attached hydrogen (secondary N) is 1. The minimum absolute atomic E-state index is 0.103. The van der Waals surface area contributed by atoms with Gasteiger partial charge in [-0.3, -0.25) is 9.59 Å². The highest BCUT2D eigenvalue weighted by Crippen LogP contribution is 2.18. The lowest BCUT2D eigenvalue weighted by Gasteiger charge is -2.31. The number of amides is 1. The van der Waals surface area contributed by atoms with Crippen LogP contribution >= 0.6 is 0 Å². The average Bonchev–Trinajstić information content (AvgIpc) is 2.54. The third-order valence-electron chi connectivity index (χ3n) is 4.22. The van der Waals surface area contributed by atoms with Gasteiger partial charge in [-0.15, -0.1) is 0 Å². The Morgan fingerprint density at radius 1 is 1.29 bits per heavy atom. The number of carbonyl (C=O) groups is 1. The monoisotopic (exact) mass is 285 g/mol. The van der Waals surface area contributed by atoms with Gasteiger partial charge in [-0.05, 0) is 42.8 Å². The summed E-state index contributed by atoms with van der Waals surface area (Å²) < 4.78 is 0. The Balaban J connectivity index is 1.87. The largest absolute Gasteiger partial charge is 0.337 e. The van der Waals surface area contributed by atoms with E-state index in [0.29, 0.717) is 36.6 Å². The number of piperidine rings is 1. The zero-order valence-corrected chi connectivity index (χ0v) is 11.8. The molecule has 21 heavy (non-hydrogen) atoms. The molecular formula is C16H19N3O2. The SMILES string of the molecule is NCC1CCN(C(=O)c2cc3ccccc3c(=O)[nH]2)CC1. The second kappa shape index (κ2) is 5.69. The van der Waals surface area contributed by atoms with Crippen LogP contribution in [0.15, 0.2) is 35.1 Å². The molecule has 1 aliphatic heterocycles. The Labute approximate surface area is 122 Å². The summed E-state index contributed by atoms with van der Waals surface area (Å²) in [5, 5.41) is 1.40. The summed E-state index contributed by atoms with van der Waals surface area (Å²) in [6.07, 6.45) is 1.86. The number of nitrogens with two attached hydrogens (primary N) is 1. The predicted molar refractivity (Wildman–Crippen MR) is 82.3 cm³/mol. The number of pyridine rings is 1. The fraction of sp³-hybridized carbons (Fsp3) is 0.375. The Kier molecular flexibility index (Phi) is 3.75. The number of fused-ring (bicyclic) bond motifs is 1. The molecule has 1 fully saturated rings. The Morgan fingerprint density at radius 2 is 2.00 bits per heavy atom. The summed E-state index contributed by atoms with van der Waals surface area (Å²) in [5.74, 6) is 0.401. The molecule has 3 rings (SSSR count). The summed E-state index contributed by atoms with van der Waals surface area (Å²) in [6.45, 7) is 2.08. The molecule has 1 aliphatic rings. The van der Waals surface area contributed by atoms with Gasteiger partial charge in [-0.1, -0.05) is 18.2 Å². The first-order valence-electron chi connectivity index (χ1n) is 7.30. The molecule has 0 unspecified atom stereocenters. The number of benzene rings is 1. The Morgan fingerprint density at radius 3 is 2.71 bits per heavy atom. The van der Waals surface area contributed by atoms with Crippen LogP contribution in [0.5, 0.6) is 0 Å². The Hall–Kier alpha value is -2.14. The van der Waals surface area contributed by atoms with Crippen molar-refractivity contribution in [2.24, 2.45) is 11.7 Å². The number of H-pyrrole nitrogens is 1. The number of rotatable bonds is 2. The topological polar surface area (TPSA) is 79.2 Å². The lowest BCUT2D eigenvalue weighted by Crippen LogP contribution is -2.40. The molecule has 2 heterocycles. The van der Waals surface area contributed by atoms with Crippen molar-refractivity contribution in [2.45, 2.75) is 12.8 Å². The van der Waals surface area contributed by atoms with Crippen LogP contribution in [0, 0.1) is 5.92 Å². The Bertz CT molecular complexity index is 715. The molecule has 0 atom stereocenters. The van der Waals surface area contributed by atoms with Crippen molar-refractivity contribution in [1.82, 2.24) is 9.88 Å². The molecule has 1 saturated heterocycles. The van der Waals surface area contributed by atoms with Crippen LogP contribution < -0.4 is 11.3 Å². The number of likely N-dealkylation sites (tertiary alicyclic amines) is 1. The summed E-state index contributed by atoms with van der Waals surface area (Å²) in [4.78, 5) is 29.1. The maximum absolute atomic E-state index is 12.5. The van der Waals surface area contributed by atoms with Crippen LogP contribution in [0.25, 0.3) is 10.8 Å². The number of hydrogen-bond donors (Lipinski definition) is 2. The number of nitrogens with zero attached hydrogens (tertiary/aromatic N) is 1. The van der Waals surface area contributed by atoms with E-state index in [2.05, 4.69) is 4.98 Å². The third kappa shape index (κ3) is 2.69. The molecule has 1 aromatic heterocycles. The second-order valence-corrected chi connectivity index (χ2v) is 5.57. The van der Waals surface area contributed by atoms with Crippen molar-refractivity contribution < 1.29 is 4.79 Å². The van der Waals surface area contributed by atoms with E-state index in [0.717, 1.165) is 18.2 Å². The van der Waals surface area contributed by atoms with E-state index in [9.17, 15) is 9.59 Å². The standard InChI is InChI=1S/C16H19N3O2/c17-10-11-5-7-19(8-6-11)16(21)14-9-12-3-1-2-4-13(12)15(20)18-14/h1-4,9,11H,5-8,10,17H2,(H,18,20).